The van der Waals surface area contributed by atoms with E-state index in [4.69, 9.17) is 0 Å². The van der Waals surface area contributed by atoms with Crippen molar-refractivity contribution in [1.82, 2.24) is 9.97 Å². The molecule has 0 amide bonds. The number of nitrogens with zero attached hydrogens (tertiary/aromatic N) is 4. The molecule has 0 unspecified atom stereocenters. The third-order valence-electron chi connectivity index (χ3n) is 3.13. The lowest BCUT2D eigenvalue weighted by atomic mass is 10.1. The molecular weight excluding hydrogens is 362 g/mol. The van der Waals surface area contributed by atoms with Crippen LogP contribution in [0.5, 0.6) is 0 Å². The van der Waals surface area contributed by atoms with Gasteiger partial charge in [0.25, 0.3) is 5.69 Å². The van der Waals surface area contributed by atoms with Crippen LogP contribution in [0.3, 0.4) is 0 Å². The number of anilines is 2. The Bertz CT molecular complexity index is 968. The van der Waals surface area contributed by atoms with Crippen molar-refractivity contribution in [3.63, 3.8) is 0 Å². The van der Waals surface area contributed by atoms with Gasteiger partial charge in [-0.25, -0.2) is 9.97 Å². The number of nitrogens with one attached hydrogen (secondary N) is 1. The van der Waals surface area contributed by atoms with Gasteiger partial charge in [-0.05, 0) is 18.2 Å². The number of hydrogen-bond donors (Lipinski definition) is 1. The largest absolute Gasteiger partial charge is 0.354 e. The summed E-state index contributed by atoms with van der Waals surface area (Å²) >= 11 is 3.37. The lowest BCUT2D eigenvalue weighted by molar-refractivity contribution is -0.385. The first-order chi connectivity index (χ1) is 11.1. The van der Waals surface area contributed by atoms with Gasteiger partial charge < -0.3 is 5.32 Å². The summed E-state index contributed by atoms with van der Waals surface area (Å²) in [4.78, 5) is 18.5. The second kappa shape index (κ2) is 5.98. The zero-order valence-electron chi connectivity index (χ0n) is 11.5. The summed E-state index contributed by atoms with van der Waals surface area (Å²) in [6.45, 7) is 0. The number of benzene rings is 1. The molecule has 112 valence electrons. The molecule has 7 nitrogen and oxygen atoms in total. The molecule has 1 N–H and O–H groups in total. The molecule has 0 aliphatic carbocycles. The van der Waals surface area contributed by atoms with E-state index < -0.39 is 4.92 Å². The van der Waals surface area contributed by atoms with Crippen LogP contribution in [0.2, 0.25) is 0 Å². The van der Waals surface area contributed by atoms with Crippen molar-refractivity contribution in [2.24, 2.45) is 0 Å². The van der Waals surface area contributed by atoms with Crippen LogP contribution >= 0.6 is 15.9 Å². The van der Waals surface area contributed by atoms with Gasteiger partial charge in [-0.3, -0.25) is 10.1 Å². The molecule has 2 aromatic heterocycles. The van der Waals surface area contributed by atoms with Crippen LogP contribution in [-0.4, -0.2) is 14.9 Å². The molecule has 8 heteroatoms. The van der Waals surface area contributed by atoms with E-state index >= 15 is 0 Å². The van der Waals surface area contributed by atoms with Gasteiger partial charge in [0.15, 0.2) is 5.65 Å². The third-order valence-corrected chi connectivity index (χ3v) is 3.63. The maximum Gasteiger partial charge on any atom is 0.288 e. The summed E-state index contributed by atoms with van der Waals surface area (Å²) < 4.78 is 0.864. The predicted octanol–water partition coefficient (Wildman–Crippen LogP) is 3.92. The molecule has 3 rings (SSSR count). The molecular formula is C15H8BrN5O2. The summed E-state index contributed by atoms with van der Waals surface area (Å²) in [7, 11) is 0. The quantitative estimate of drug-likeness (QED) is 0.554. The van der Waals surface area contributed by atoms with E-state index in [1.165, 1.54) is 12.3 Å². The van der Waals surface area contributed by atoms with Crippen molar-refractivity contribution in [2.45, 2.75) is 0 Å². The summed E-state index contributed by atoms with van der Waals surface area (Å²) in [5.74, 6) is 0. The normalized spacial score (nSPS) is 10.3. The third kappa shape index (κ3) is 2.95. The highest BCUT2D eigenvalue weighted by atomic mass is 79.9. The van der Waals surface area contributed by atoms with Gasteiger partial charge in [-0.2, -0.15) is 5.26 Å². The molecule has 0 bridgehead atoms. The maximum absolute atomic E-state index is 11.0. The molecule has 0 radical (unpaired) electrons. The zero-order chi connectivity index (χ0) is 16.4. The Morgan fingerprint density at radius 3 is 2.74 bits per heavy atom. The number of nitriles is 1. The Hall–Kier alpha value is -3.05. The Balaban J connectivity index is 2.21. The van der Waals surface area contributed by atoms with Crippen LogP contribution in [0.1, 0.15) is 5.56 Å². The molecule has 23 heavy (non-hydrogen) atoms. The zero-order valence-corrected chi connectivity index (χ0v) is 13.1. The number of nitro groups is 1. The highest BCUT2D eigenvalue weighted by Gasteiger charge is 2.15. The van der Waals surface area contributed by atoms with E-state index in [1.807, 2.05) is 30.3 Å². The maximum atomic E-state index is 11.0. The molecule has 2 heterocycles. The summed E-state index contributed by atoms with van der Waals surface area (Å²) in [6.07, 6.45) is 2.53. The number of halogens is 1. The number of hydrogen-bond acceptors (Lipinski definition) is 6. The second-order valence-corrected chi connectivity index (χ2v) is 5.53. The molecule has 0 atom stereocenters. The fraction of sp³-hybridized carbons (Fsp3) is 0. The summed E-state index contributed by atoms with van der Waals surface area (Å²) in [5, 5.41) is 23.8. The molecule has 0 aliphatic rings. The molecule has 3 aromatic rings. The predicted molar refractivity (Wildman–Crippen MR) is 88.3 cm³/mol. The van der Waals surface area contributed by atoms with Crippen LogP contribution in [-0.2, 0) is 0 Å². The number of fused-ring (bicyclic) bond motifs is 1. The summed E-state index contributed by atoms with van der Waals surface area (Å²) in [5.41, 5.74) is 1.61. The summed E-state index contributed by atoms with van der Waals surface area (Å²) in [6, 6.07) is 10.8. The highest BCUT2D eigenvalue weighted by Crippen LogP contribution is 2.30. The average molecular weight is 370 g/mol. The minimum atomic E-state index is -0.533. The van der Waals surface area contributed by atoms with Crippen LogP contribution in [0.25, 0.3) is 11.0 Å². The van der Waals surface area contributed by atoms with Crippen molar-refractivity contribution in [3.8, 4) is 6.07 Å². The molecule has 0 saturated carbocycles. The number of aromatic nitrogens is 2. The topological polar surface area (TPSA) is 105 Å². The fourth-order valence-corrected chi connectivity index (χ4v) is 2.50. The van der Waals surface area contributed by atoms with E-state index in [2.05, 4.69) is 31.2 Å². The van der Waals surface area contributed by atoms with Gasteiger partial charge in [0.05, 0.1) is 21.6 Å². The van der Waals surface area contributed by atoms with Crippen molar-refractivity contribution in [2.75, 3.05) is 5.32 Å². The van der Waals surface area contributed by atoms with E-state index in [0.717, 1.165) is 16.4 Å². The minimum Gasteiger partial charge on any atom is -0.354 e. The van der Waals surface area contributed by atoms with Crippen molar-refractivity contribution < 1.29 is 4.92 Å². The Kier molecular flexibility index (Phi) is 3.87. The fourth-order valence-electron chi connectivity index (χ4n) is 2.10. The van der Waals surface area contributed by atoms with Crippen LogP contribution in [0.4, 0.5) is 17.1 Å². The van der Waals surface area contributed by atoms with Gasteiger partial charge >= 0.3 is 0 Å². The Morgan fingerprint density at radius 2 is 2.04 bits per heavy atom. The monoisotopic (exact) mass is 369 g/mol. The average Bonchev–Trinajstić information content (AvgIpc) is 2.54. The Labute approximate surface area is 138 Å². The first-order valence-electron chi connectivity index (χ1n) is 6.44. The lowest BCUT2D eigenvalue weighted by Gasteiger charge is -2.11. The standard InChI is InChI=1S/C15H8BrN5O2/c16-10-2-1-3-11(4-10)20-14-9(6-17)7-18-15-13(14)5-12(8-19-15)21(22)23/h1-5,7-8H,(H,18,19,20). The van der Waals surface area contributed by atoms with E-state index in [-0.39, 0.29) is 11.3 Å². The lowest BCUT2D eigenvalue weighted by Crippen LogP contribution is -1.99. The van der Waals surface area contributed by atoms with Gasteiger partial charge in [0.1, 0.15) is 12.3 Å². The van der Waals surface area contributed by atoms with Crippen LogP contribution < -0.4 is 5.32 Å². The first kappa shape index (κ1) is 14.9. The number of rotatable bonds is 3. The molecule has 0 spiro atoms. The second-order valence-electron chi connectivity index (χ2n) is 4.62. The van der Waals surface area contributed by atoms with Crippen molar-refractivity contribution in [3.05, 3.63) is 62.9 Å². The first-order valence-corrected chi connectivity index (χ1v) is 7.23. The molecule has 1 aromatic carbocycles. The van der Waals surface area contributed by atoms with Crippen LogP contribution in [0.15, 0.2) is 47.2 Å². The minimum absolute atomic E-state index is 0.160. The van der Waals surface area contributed by atoms with E-state index in [0.29, 0.717) is 16.7 Å². The molecule has 0 saturated heterocycles. The Morgan fingerprint density at radius 1 is 1.26 bits per heavy atom. The van der Waals surface area contributed by atoms with Crippen LogP contribution in [0, 0.1) is 21.4 Å². The van der Waals surface area contributed by atoms with Gasteiger partial charge in [-0.15, -0.1) is 0 Å². The molecule has 0 aliphatic heterocycles. The highest BCUT2D eigenvalue weighted by molar-refractivity contribution is 9.10. The van der Waals surface area contributed by atoms with E-state index in [9.17, 15) is 15.4 Å². The number of pyridine rings is 2. The van der Waals surface area contributed by atoms with Gasteiger partial charge in [-0.1, -0.05) is 22.0 Å². The van der Waals surface area contributed by atoms with Crippen molar-refractivity contribution >= 4 is 44.0 Å². The molecule has 0 fully saturated rings. The van der Waals surface area contributed by atoms with Gasteiger partial charge in [0, 0.05) is 22.4 Å². The smallest absolute Gasteiger partial charge is 0.288 e. The van der Waals surface area contributed by atoms with Crippen molar-refractivity contribution in [1.29, 1.82) is 5.26 Å². The SMILES string of the molecule is N#Cc1cnc2ncc([N+](=O)[O-])cc2c1Nc1cccc(Br)c1. The van der Waals surface area contributed by atoms with Gasteiger partial charge in [0.2, 0.25) is 0 Å². The van der Waals surface area contributed by atoms with E-state index in [1.54, 1.807) is 0 Å².